The van der Waals surface area contributed by atoms with Crippen molar-refractivity contribution in [3.05, 3.63) is 12.5 Å². The maximum atomic E-state index is 11.9. The van der Waals surface area contributed by atoms with Gasteiger partial charge in [0.1, 0.15) is 0 Å². The molecule has 1 N–H and O–H groups in total. The van der Waals surface area contributed by atoms with Crippen LogP contribution >= 0.6 is 0 Å². The van der Waals surface area contributed by atoms with Crippen LogP contribution in [-0.2, 0) is 10.2 Å². The highest BCUT2D eigenvalue weighted by atomic mass is 32.3. The lowest BCUT2D eigenvalue weighted by atomic mass is 11.0. The van der Waals surface area contributed by atoms with Crippen molar-refractivity contribution in [3.63, 3.8) is 0 Å². The van der Waals surface area contributed by atoms with Gasteiger partial charge in [-0.3, -0.25) is 0 Å². The zero-order valence-electron chi connectivity index (χ0n) is 4.20. The van der Waals surface area contributed by atoms with Gasteiger partial charge in [0.2, 0.25) is 0 Å². The van der Waals surface area contributed by atoms with Crippen molar-refractivity contribution in [3.8, 4) is 0 Å². The summed E-state index contributed by atoms with van der Waals surface area (Å²) in [7, 11) is -4.58. The summed E-state index contributed by atoms with van der Waals surface area (Å²) >= 11 is 0. The van der Waals surface area contributed by atoms with Gasteiger partial charge in [-0.15, -0.1) is 0 Å². The number of H-pyrrole nitrogens is 1. The maximum Gasteiger partial charge on any atom is 0.349 e. The molecule has 0 aromatic carbocycles. The molecule has 0 aliphatic rings. The summed E-state index contributed by atoms with van der Waals surface area (Å²) < 4.78 is 31.8. The Morgan fingerprint density at radius 3 is 2.56 bits per heavy atom. The second-order valence-electron chi connectivity index (χ2n) is 1.35. The summed E-state index contributed by atoms with van der Waals surface area (Å²) in [6, 6.07) is 0. The maximum absolute atomic E-state index is 11.9. The van der Waals surface area contributed by atoms with Crippen LogP contribution in [0.5, 0.6) is 0 Å². The average molecular weight is 150 g/mol. The Bertz CT molecular complexity index is 277. The lowest BCUT2D eigenvalue weighted by Gasteiger charge is -1.81. The number of rotatable bonds is 1. The fourth-order valence-corrected chi connectivity index (χ4v) is 0.757. The Morgan fingerprint density at radius 2 is 2.33 bits per heavy atom. The first-order chi connectivity index (χ1) is 4.11. The third-order valence-corrected chi connectivity index (χ3v) is 1.48. The largest absolute Gasteiger partial charge is 0.349 e. The first-order valence-electron chi connectivity index (χ1n) is 2.04. The van der Waals surface area contributed by atoms with E-state index in [2.05, 4.69) is 9.97 Å². The van der Waals surface area contributed by atoms with Crippen LogP contribution in [0.1, 0.15) is 0 Å². The number of halogens is 1. The Hall–Kier alpha value is -0.910. The second kappa shape index (κ2) is 1.80. The van der Waals surface area contributed by atoms with Crippen molar-refractivity contribution >= 4 is 10.2 Å². The summed E-state index contributed by atoms with van der Waals surface area (Å²) in [6.45, 7) is 0. The predicted molar refractivity (Wildman–Crippen MR) is 26.9 cm³/mol. The van der Waals surface area contributed by atoms with E-state index in [-0.39, 0.29) is 0 Å². The molecule has 9 heavy (non-hydrogen) atoms. The van der Waals surface area contributed by atoms with Gasteiger partial charge in [0.25, 0.3) is 0 Å². The number of aromatic nitrogens is 2. The Kier molecular flexibility index (Phi) is 1.24. The molecule has 0 bridgehead atoms. The minimum Gasteiger partial charge on any atom is -0.334 e. The van der Waals surface area contributed by atoms with Crippen LogP contribution in [0, 0.1) is 0 Å². The van der Waals surface area contributed by atoms with Gasteiger partial charge in [0, 0.05) is 0 Å². The Labute approximate surface area is 50.9 Å². The molecule has 0 saturated heterocycles. The molecule has 0 unspecified atom stereocenters. The van der Waals surface area contributed by atoms with E-state index in [1.165, 1.54) is 0 Å². The monoisotopic (exact) mass is 150 g/mol. The standard InChI is InChI=1S/C3H3FN2O2S/c4-9(7,8)3-1-5-2-6-3/h1-2H,(H,5,6). The lowest BCUT2D eigenvalue weighted by molar-refractivity contribution is 0.548. The molecule has 50 valence electrons. The number of nitrogens with one attached hydrogen (secondary N) is 1. The van der Waals surface area contributed by atoms with Crippen LogP contribution in [0.2, 0.25) is 0 Å². The van der Waals surface area contributed by atoms with Crippen molar-refractivity contribution in [2.45, 2.75) is 5.03 Å². The molecule has 0 fully saturated rings. The van der Waals surface area contributed by atoms with Gasteiger partial charge >= 0.3 is 10.2 Å². The van der Waals surface area contributed by atoms with E-state index in [1.807, 2.05) is 0 Å². The van der Waals surface area contributed by atoms with Crippen molar-refractivity contribution in [1.29, 1.82) is 0 Å². The zero-order valence-corrected chi connectivity index (χ0v) is 5.02. The number of aromatic amines is 1. The normalized spacial score (nSPS) is 11.7. The van der Waals surface area contributed by atoms with Gasteiger partial charge in [-0.1, -0.05) is 3.89 Å². The van der Waals surface area contributed by atoms with Crippen molar-refractivity contribution in [2.75, 3.05) is 0 Å². The van der Waals surface area contributed by atoms with E-state index in [0.29, 0.717) is 0 Å². The minimum atomic E-state index is -4.58. The first-order valence-corrected chi connectivity index (χ1v) is 3.42. The van der Waals surface area contributed by atoms with Crippen molar-refractivity contribution in [1.82, 2.24) is 9.97 Å². The SMILES string of the molecule is O=S(=O)(F)c1cnc[nH]1. The topological polar surface area (TPSA) is 62.8 Å². The second-order valence-corrected chi connectivity index (χ2v) is 2.67. The highest BCUT2D eigenvalue weighted by Gasteiger charge is 2.11. The van der Waals surface area contributed by atoms with Crippen molar-refractivity contribution < 1.29 is 12.3 Å². The highest BCUT2D eigenvalue weighted by molar-refractivity contribution is 7.86. The highest BCUT2D eigenvalue weighted by Crippen LogP contribution is 2.04. The molecule has 1 aromatic heterocycles. The average Bonchev–Trinajstić information content (AvgIpc) is 2.08. The van der Waals surface area contributed by atoms with Crippen LogP contribution in [0.3, 0.4) is 0 Å². The molecule has 6 heteroatoms. The van der Waals surface area contributed by atoms with Gasteiger partial charge in [-0.2, -0.15) is 8.42 Å². The quantitative estimate of drug-likeness (QED) is 0.576. The van der Waals surface area contributed by atoms with Crippen LogP contribution in [0.15, 0.2) is 17.6 Å². The molecule has 1 aromatic rings. The molecule has 0 atom stereocenters. The molecule has 0 amide bonds. The third kappa shape index (κ3) is 1.26. The van der Waals surface area contributed by atoms with E-state index in [0.717, 1.165) is 12.5 Å². The van der Waals surface area contributed by atoms with Gasteiger partial charge < -0.3 is 4.98 Å². The molecule has 0 radical (unpaired) electrons. The fraction of sp³-hybridized carbons (Fsp3) is 0. The number of nitrogens with zero attached hydrogens (tertiary/aromatic N) is 1. The van der Waals surface area contributed by atoms with Crippen LogP contribution in [0.25, 0.3) is 0 Å². The fourth-order valence-electron chi connectivity index (χ4n) is 0.376. The Balaban J connectivity index is 3.20. The van der Waals surface area contributed by atoms with Gasteiger partial charge in [0.15, 0.2) is 5.03 Å². The number of hydrogen-bond acceptors (Lipinski definition) is 3. The third-order valence-electron chi connectivity index (χ3n) is 0.736. The molecule has 0 saturated carbocycles. The van der Waals surface area contributed by atoms with E-state index >= 15 is 0 Å². The van der Waals surface area contributed by atoms with Crippen molar-refractivity contribution in [2.24, 2.45) is 0 Å². The van der Waals surface area contributed by atoms with Crippen LogP contribution in [0.4, 0.5) is 3.89 Å². The summed E-state index contributed by atoms with van der Waals surface area (Å²) in [5.41, 5.74) is 0. The predicted octanol–water partition coefficient (Wildman–Crippen LogP) is 0.0679. The molecule has 1 heterocycles. The summed E-state index contributed by atoms with van der Waals surface area (Å²) in [6.07, 6.45) is 1.99. The van der Waals surface area contributed by atoms with Gasteiger partial charge in [0.05, 0.1) is 12.5 Å². The summed E-state index contributed by atoms with van der Waals surface area (Å²) in [4.78, 5) is 5.42. The minimum absolute atomic E-state index is 0.512. The van der Waals surface area contributed by atoms with E-state index < -0.39 is 15.2 Å². The number of imidazole rings is 1. The van der Waals surface area contributed by atoms with E-state index in [1.54, 1.807) is 0 Å². The molecular formula is C3H3FN2O2S. The first kappa shape index (κ1) is 6.21. The van der Waals surface area contributed by atoms with Gasteiger partial charge in [-0.05, 0) is 0 Å². The summed E-state index contributed by atoms with van der Waals surface area (Å²) in [5.74, 6) is 0. The zero-order chi connectivity index (χ0) is 6.91. The molecule has 1 rings (SSSR count). The summed E-state index contributed by atoms with van der Waals surface area (Å²) in [5, 5.41) is -0.512. The molecule has 0 aliphatic carbocycles. The molecule has 0 spiro atoms. The van der Waals surface area contributed by atoms with Crippen LogP contribution < -0.4 is 0 Å². The molecular weight excluding hydrogens is 147 g/mol. The smallest absolute Gasteiger partial charge is 0.334 e. The van der Waals surface area contributed by atoms with E-state index in [9.17, 15) is 12.3 Å². The molecule has 4 nitrogen and oxygen atoms in total. The van der Waals surface area contributed by atoms with Crippen LogP contribution in [-0.4, -0.2) is 18.4 Å². The Morgan fingerprint density at radius 1 is 1.67 bits per heavy atom. The van der Waals surface area contributed by atoms with E-state index in [4.69, 9.17) is 0 Å². The van der Waals surface area contributed by atoms with Gasteiger partial charge in [-0.25, -0.2) is 4.98 Å². The molecule has 0 aliphatic heterocycles. The number of hydrogen-bond donors (Lipinski definition) is 1. The lowest BCUT2D eigenvalue weighted by Crippen LogP contribution is -1.90.